The molecule has 1 heterocycles. The molecule has 1 fully saturated rings. The molecule has 0 saturated carbocycles. The maximum atomic E-state index is 13.0. The number of ether oxygens (including phenoxy) is 2. The highest BCUT2D eigenvalue weighted by Gasteiger charge is 2.31. The molecule has 0 radical (unpaired) electrons. The number of piperidine rings is 1. The molecule has 0 aromatic heterocycles. The summed E-state index contributed by atoms with van der Waals surface area (Å²) in [6.45, 7) is 3.62. The molecule has 0 unspecified atom stereocenters. The normalized spacial score (nSPS) is 16.8. The molecule has 8 heteroatoms. The number of carbonyl (C=O) groups is 1. The number of hydrogen-bond donors (Lipinski definition) is 1. The van der Waals surface area contributed by atoms with Gasteiger partial charge in [-0.1, -0.05) is 6.07 Å². The van der Waals surface area contributed by atoms with E-state index in [4.69, 9.17) is 15.2 Å². The second kappa shape index (κ2) is 8.75. The smallest absolute Gasteiger partial charge is 0.338 e. The van der Waals surface area contributed by atoms with Gasteiger partial charge in [-0.25, -0.2) is 13.2 Å². The highest BCUT2D eigenvalue weighted by atomic mass is 32.2. The van der Waals surface area contributed by atoms with E-state index in [2.05, 4.69) is 0 Å². The van der Waals surface area contributed by atoms with Crippen molar-refractivity contribution in [3.63, 3.8) is 0 Å². The van der Waals surface area contributed by atoms with Crippen LogP contribution in [0, 0.1) is 6.92 Å². The first kappa shape index (κ1) is 19.8. The third-order valence-electron chi connectivity index (χ3n) is 4.41. The van der Waals surface area contributed by atoms with E-state index in [0.717, 1.165) is 6.42 Å². The zero-order valence-electron chi connectivity index (χ0n) is 14.7. The summed E-state index contributed by atoms with van der Waals surface area (Å²) in [7, 11) is -2.38. The van der Waals surface area contributed by atoms with Gasteiger partial charge < -0.3 is 15.2 Å². The number of sulfonamides is 1. The van der Waals surface area contributed by atoms with Crippen LogP contribution >= 0.6 is 0 Å². The zero-order chi connectivity index (χ0) is 18.4. The summed E-state index contributed by atoms with van der Waals surface area (Å²) < 4.78 is 37.8. The Bertz CT molecular complexity index is 697. The van der Waals surface area contributed by atoms with E-state index in [1.54, 1.807) is 19.1 Å². The van der Waals surface area contributed by atoms with Crippen LogP contribution in [0.25, 0.3) is 0 Å². The van der Waals surface area contributed by atoms with Crippen molar-refractivity contribution in [1.29, 1.82) is 0 Å². The molecule has 25 heavy (non-hydrogen) atoms. The average molecular weight is 370 g/mol. The van der Waals surface area contributed by atoms with Crippen molar-refractivity contribution in [3.05, 3.63) is 29.3 Å². The number of nitrogens with zero attached hydrogens (tertiary/aromatic N) is 1. The molecule has 1 aromatic carbocycles. The quantitative estimate of drug-likeness (QED) is 0.574. The van der Waals surface area contributed by atoms with Gasteiger partial charge in [0.25, 0.3) is 0 Å². The van der Waals surface area contributed by atoms with E-state index in [-0.39, 0.29) is 16.6 Å². The molecule has 0 aliphatic carbocycles. The summed E-state index contributed by atoms with van der Waals surface area (Å²) in [5.41, 5.74) is 6.12. The van der Waals surface area contributed by atoms with Gasteiger partial charge in [-0.15, -0.1) is 0 Å². The molecule has 0 amide bonds. The summed E-state index contributed by atoms with van der Waals surface area (Å²) in [4.78, 5) is 12.0. The molecule has 1 aromatic rings. The summed E-state index contributed by atoms with van der Waals surface area (Å²) >= 11 is 0. The van der Waals surface area contributed by atoms with Crippen LogP contribution in [-0.4, -0.2) is 58.1 Å². The van der Waals surface area contributed by atoms with Crippen LogP contribution in [0.5, 0.6) is 0 Å². The van der Waals surface area contributed by atoms with E-state index < -0.39 is 16.0 Å². The Kier molecular flexibility index (Phi) is 6.95. The fourth-order valence-electron chi connectivity index (χ4n) is 2.94. The number of nitrogens with two attached hydrogens (primary N) is 1. The van der Waals surface area contributed by atoms with E-state index in [0.29, 0.717) is 44.6 Å². The van der Waals surface area contributed by atoms with Crippen LogP contribution in [-0.2, 0) is 19.5 Å². The topological polar surface area (TPSA) is 98.9 Å². The molecule has 1 aliphatic heterocycles. The molecule has 7 nitrogen and oxygen atoms in total. The predicted molar refractivity (Wildman–Crippen MR) is 93.9 cm³/mol. The molecular weight excluding hydrogens is 344 g/mol. The van der Waals surface area contributed by atoms with Crippen molar-refractivity contribution in [3.8, 4) is 0 Å². The number of hydrogen-bond acceptors (Lipinski definition) is 6. The fourth-order valence-corrected chi connectivity index (χ4v) is 4.65. The third kappa shape index (κ3) is 4.58. The molecule has 1 aliphatic rings. The average Bonchev–Trinajstić information content (AvgIpc) is 2.62. The van der Waals surface area contributed by atoms with Gasteiger partial charge in [-0.2, -0.15) is 4.31 Å². The maximum absolute atomic E-state index is 13.0. The standard InChI is InChI=1S/C17H26N2O5S/c1-13-15(17(20)23-2)5-3-6-16(13)25(21,22)19-10-7-14(8-11-19)24-12-4-9-18/h3,5-6,14H,4,7-12,18H2,1-2H3. The first-order valence-corrected chi connectivity index (χ1v) is 9.85. The van der Waals surface area contributed by atoms with Crippen molar-refractivity contribution in [2.75, 3.05) is 33.4 Å². The molecular formula is C17H26N2O5S. The van der Waals surface area contributed by atoms with Gasteiger partial charge >= 0.3 is 5.97 Å². The van der Waals surface area contributed by atoms with Crippen LogP contribution in [0.4, 0.5) is 0 Å². The van der Waals surface area contributed by atoms with Crippen LogP contribution in [0.1, 0.15) is 35.2 Å². The number of methoxy groups -OCH3 is 1. The second-order valence-electron chi connectivity index (χ2n) is 6.04. The van der Waals surface area contributed by atoms with Crippen molar-refractivity contribution in [2.24, 2.45) is 5.73 Å². The fraction of sp³-hybridized carbons (Fsp3) is 0.588. The van der Waals surface area contributed by atoms with Gasteiger partial charge in [0.1, 0.15) is 0 Å². The van der Waals surface area contributed by atoms with Crippen molar-refractivity contribution < 1.29 is 22.7 Å². The Hall–Kier alpha value is -1.48. The lowest BCUT2D eigenvalue weighted by Crippen LogP contribution is -2.41. The molecule has 2 rings (SSSR count). The monoisotopic (exact) mass is 370 g/mol. The highest BCUT2D eigenvalue weighted by molar-refractivity contribution is 7.89. The summed E-state index contributed by atoms with van der Waals surface area (Å²) in [6.07, 6.45) is 2.18. The van der Waals surface area contributed by atoms with Crippen molar-refractivity contribution in [2.45, 2.75) is 37.2 Å². The van der Waals surface area contributed by atoms with Crippen LogP contribution in [0.3, 0.4) is 0 Å². The first-order valence-electron chi connectivity index (χ1n) is 8.41. The lowest BCUT2D eigenvalue weighted by atomic mass is 10.1. The van der Waals surface area contributed by atoms with Crippen molar-refractivity contribution in [1.82, 2.24) is 4.31 Å². The highest BCUT2D eigenvalue weighted by Crippen LogP contribution is 2.26. The van der Waals surface area contributed by atoms with Crippen LogP contribution in [0.15, 0.2) is 23.1 Å². The number of carbonyl (C=O) groups excluding carboxylic acids is 1. The van der Waals surface area contributed by atoms with E-state index in [9.17, 15) is 13.2 Å². The zero-order valence-corrected chi connectivity index (χ0v) is 15.5. The predicted octanol–water partition coefficient (Wildman–Crippen LogP) is 1.30. The maximum Gasteiger partial charge on any atom is 0.338 e. The third-order valence-corrected chi connectivity index (χ3v) is 6.45. The minimum atomic E-state index is -3.66. The molecule has 0 spiro atoms. The Balaban J connectivity index is 2.11. The van der Waals surface area contributed by atoms with Gasteiger partial charge in [0.2, 0.25) is 10.0 Å². The Labute approximate surface area is 149 Å². The van der Waals surface area contributed by atoms with Crippen molar-refractivity contribution >= 4 is 16.0 Å². The van der Waals surface area contributed by atoms with Gasteiger partial charge in [-0.05, 0) is 50.4 Å². The minimum absolute atomic E-state index is 0.0699. The molecule has 0 bridgehead atoms. The SMILES string of the molecule is COC(=O)c1cccc(S(=O)(=O)N2CCC(OCCCN)CC2)c1C. The van der Waals surface area contributed by atoms with Gasteiger partial charge in [-0.3, -0.25) is 0 Å². The van der Waals surface area contributed by atoms with Gasteiger partial charge in [0, 0.05) is 19.7 Å². The summed E-state index contributed by atoms with van der Waals surface area (Å²) in [5.74, 6) is -0.540. The number of rotatable bonds is 7. The number of esters is 1. The van der Waals surface area contributed by atoms with Crippen LogP contribution in [0.2, 0.25) is 0 Å². The molecule has 0 atom stereocenters. The van der Waals surface area contributed by atoms with E-state index in [1.807, 2.05) is 0 Å². The Morgan fingerprint density at radius 3 is 2.60 bits per heavy atom. The summed E-state index contributed by atoms with van der Waals surface area (Å²) in [6, 6.07) is 4.66. The summed E-state index contributed by atoms with van der Waals surface area (Å²) in [5, 5.41) is 0. The van der Waals surface area contributed by atoms with Gasteiger partial charge in [0.05, 0.1) is 23.7 Å². The van der Waals surface area contributed by atoms with Gasteiger partial charge in [0.15, 0.2) is 0 Å². The van der Waals surface area contributed by atoms with Crippen LogP contribution < -0.4 is 5.73 Å². The number of benzene rings is 1. The first-order chi connectivity index (χ1) is 11.9. The Morgan fingerprint density at radius 2 is 2.00 bits per heavy atom. The molecule has 140 valence electrons. The van der Waals surface area contributed by atoms with E-state index >= 15 is 0 Å². The Morgan fingerprint density at radius 1 is 1.32 bits per heavy atom. The molecule has 1 saturated heterocycles. The second-order valence-corrected chi connectivity index (χ2v) is 7.94. The molecule has 2 N–H and O–H groups in total. The minimum Gasteiger partial charge on any atom is -0.465 e. The largest absolute Gasteiger partial charge is 0.465 e. The lowest BCUT2D eigenvalue weighted by Gasteiger charge is -2.31. The van der Waals surface area contributed by atoms with E-state index in [1.165, 1.54) is 17.5 Å². The lowest BCUT2D eigenvalue weighted by molar-refractivity contribution is 0.0209.